The van der Waals surface area contributed by atoms with Crippen LogP contribution < -0.4 is 10.6 Å². The van der Waals surface area contributed by atoms with E-state index in [0.717, 1.165) is 41.2 Å². The number of amides is 1. The van der Waals surface area contributed by atoms with Gasteiger partial charge in [-0.3, -0.25) is 4.79 Å². The van der Waals surface area contributed by atoms with Gasteiger partial charge in [0.2, 0.25) is 5.91 Å². The van der Waals surface area contributed by atoms with E-state index in [1.807, 2.05) is 0 Å². The molecule has 0 bridgehead atoms. The number of nitrogens with one attached hydrogen (secondary N) is 2. The molecule has 0 unspecified atom stereocenters. The second kappa shape index (κ2) is 6.93. The van der Waals surface area contributed by atoms with Crippen LogP contribution in [0, 0.1) is 13.8 Å². The Labute approximate surface area is 138 Å². The summed E-state index contributed by atoms with van der Waals surface area (Å²) in [4.78, 5) is 23.1. The van der Waals surface area contributed by atoms with Crippen molar-refractivity contribution in [1.82, 2.24) is 20.6 Å². The number of aromatic nitrogens is 2. The van der Waals surface area contributed by atoms with E-state index in [0.29, 0.717) is 11.8 Å². The predicted octanol–water partition coefficient (Wildman–Crippen LogP) is 2.27. The van der Waals surface area contributed by atoms with Crippen LogP contribution in [0.2, 0.25) is 0 Å². The summed E-state index contributed by atoms with van der Waals surface area (Å²) >= 11 is 3.19. The molecule has 0 radical (unpaired) electrons. The molecule has 118 valence electrons. The van der Waals surface area contributed by atoms with Gasteiger partial charge in [-0.15, -0.1) is 11.3 Å². The van der Waals surface area contributed by atoms with E-state index in [4.69, 9.17) is 0 Å². The molecule has 1 saturated heterocycles. The SMILES string of the molecule is Cc1sc2ncnc(SCC(=O)NC3CCNCC3)c2c1C. The molecule has 2 aromatic rings. The topological polar surface area (TPSA) is 66.9 Å². The van der Waals surface area contributed by atoms with Crippen LogP contribution in [-0.2, 0) is 4.79 Å². The van der Waals surface area contributed by atoms with Gasteiger partial charge in [0.1, 0.15) is 16.2 Å². The first-order chi connectivity index (χ1) is 10.6. The normalized spacial score (nSPS) is 16.1. The third-order valence-corrected chi connectivity index (χ3v) is 6.08. The maximum absolute atomic E-state index is 12.1. The zero-order chi connectivity index (χ0) is 15.5. The fourth-order valence-corrected chi connectivity index (χ4v) is 4.56. The molecular formula is C15H20N4OS2. The number of hydrogen-bond donors (Lipinski definition) is 2. The van der Waals surface area contributed by atoms with Crippen molar-refractivity contribution in [2.24, 2.45) is 0 Å². The lowest BCUT2D eigenvalue weighted by Crippen LogP contribution is -2.43. The molecule has 1 aliphatic heterocycles. The Hall–Kier alpha value is -1.18. The van der Waals surface area contributed by atoms with Crippen molar-refractivity contribution in [3.8, 4) is 0 Å². The zero-order valence-electron chi connectivity index (χ0n) is 12.8. The highest BCUT2D eigenvalue weighted by Crippen LogP contribution is 2.34. The average molecular weight is 336 g/mol. The number of carbonyl (C=O) groups excluding carboxylic acids is 1. The number of nitrogens with zero attached hydrogens (tertiary/aromatic N) is 2. The van der Waals surface area contributed by atoms with Crippen LogP contribution in [0.3, 0.4) is 0 Å². The first-order valence-electron chi connectivity index (χ1n) is 7.48. The van der Waals surface area contributed by atoms with Crippen molar-refractivity contribution in [1.29, 1.82) is 0 Å². The Balaban J connectivity index is 1.65. The summed E-state index contributed by atoms with van der Waals surface area (Å²) < 4.78 is 0. The Morgan fingerprint density at radius 2 is 2.18 bits per heavy atom. The average Bonchev–Trinajstić information content (AvgIpc) is 2.82. The van der Waals surface area contributed by atoms with Crippen LogP contribution >= 0.6 is 23.1 Å². The number of thiophene rings is 1. The maximum Gasteiger partial charge on any atom is 0.230 e. The van der Waals surface area contributed by atoms with Crippen molar-refractivity contribution in [2.45, 2.75) is 37.8 Å². The lowest BCUT2D eigenvalue weighted by atomic mass is 10.1. The zero-order valence-corrected chi connectivity index (χ0v) is 14.4. The van der Waals surface area contributed by atoms with Crippen molar-refractivity contribution in [3.63, 3.8) is 0 Å². The number of aryl methyl sites for hydroxylation is 2. The molecule has 0 saturated carbocycles. The number of carbonyl (C=O) groups is 1. The second-order valence-corrected chi connectivity index (χ2v) is 7.69. The number of hydrogen-bond acceptors (Lipinski definition) is 6. The van der Waals surface area contributed by atoms with Crippen LogP contribution in [0.1, 0.15) is 23.3 Å². The molecule has 0 spiro atoms. The van der Waals surface area contributed by atoms with Crippen LogP contribution in [0.4, 0.5) is 0 Å². The van der Waals surface area contributed by atoms with Gasteiger partial charge in [0, 0.05) is 16.3 Å². The highest BCUT2D eigenvalue weighted by molar-refractivity contribution is 8.00. The van der Waals surface area contributed by atoms with Gasteiger partial charge >= 0.3 is 0 Å². The second-order valence-electron chi connectivity index (χ2n) is 5.52. The van der Waals surface area contributed by atoms with Gasteiger partial charge in [-0.1, -0.05) is 11.8 Å². The standard InChI is InChI=1S/C15H20N4OS2/c1-9-10(2)22-15-13(9)14(17-8-18-15)21-7-12(20)19-11-3-5-16-6-4-11/h8,11,16H,3-7H2,1-2H3,(H,19,20). The van der Waals surface area contributed by atoms with E-state index in [1.54, 1.807) is 17.7 Å². The van der Waals surface area contributed by atoms with Gasteiger partial charge in [-0.2, -0.15) is 0 Å². The van der Waals surface area contributed by atoms with Crippen molar-refractivity contribution < 1.29 is 4.79 Å². The third kappa shape index (κ3) is 3.42. The van der Waals surface area contributed by atoms with E-state index in [9.17, 15) is 4.79 Å². The molecule has 5 nitrogen and oxygen atoms in total. The van der Waals surface area contributed by atoms with Gasteiger partial charge in [0.25, 0.3) is 0 Å². The molecule has 2 N–H and O–H groups in total. The molecule has 3 rings (SSSR count). The van der Waals surface area contributed by atoms with Crippen molar-refractivity contribution in [2.75, 3.05) is 18.8 Å². The van der Waals surface area contributed by atoms with Crippen molar-refractivity contribution in [3.05, 3.63) is 16.8 Å². The summed E-state index contributed by atoms with van der Waals surface area (Å²) in [5.74, 6) is 0.498. The predicted molar refractivity (Wildman–Crippen MR) is 91.6 cm³/mol. The number of thioether (sulfide) groups is 1. The van der Waals surface area contributed by atoms with Crippen LogP contribution in [0.15, 0.2) is 11.4 Å². The molecule has 2 aromatic heterocycles. The molecule has 1 amide bonds. The molecule has 0 aromatic carbocycles. The summed E-state index contributed by atoms with van der Waals surface area (Å²) in [6, 6.07) is 0.310. The minimum Gasteiger partial charge on any atom is -0.353 e. The smallest absolute Gasteiger partial charge is 0.230 e. The first kappa shape index (κ1) is 15.7. The summed E-state index contributed by atoms with van der Waals surface area (Å²) in [5.41, 5.74) is 1.22. The Bertz CT molecular complexity index is 679. The lowest BCUT2D eigenvalue weighted by molar-refractivity contribution is -0.119. The van der Waals surface area contributed by atoms with E-state index in [-0.39, 0.29) is 5.91 Å². The monoisotopic (exact) mass is 336 g/mol. The van der Waals surface area contributed by atoms with Crippen molar-refractivity contribution >= 4 is 39.2 Å². The number of rotatable bonds is 4. The summed E-state index contributed by atoms with van der Waals surface area (Å²) in [5, 5.41) is 8.43. The Kier molecular flexibility index (Phi) is 4.95. The minimum atomic E-state index is 0.0910. The molecule has 7 heteroatoms. The van der Waals surface area contributed by atoms with Crippen LogP contribution in [0.5, 0.6) is 0 Å². The van der Waals surface area contributed by atoms with E-state index in [2.05, 4.69) is 34.4 Å². The summed E-state index contributed by atoms with van der Waals surface area (Å²) in [7, 11) is 0. The minimum absolute atomic E-state index is 0.0910. The van der Waals surface area contributed by atoms with Gasteiger partial charge in [0.05, 0.1) is 5.75 Å². The Morgan fingerprint density at radius 3 is 2.95 bits per heavy atom. The van der Waals surface area contributed by atoms with E-state index in [1.165, 1.54) is 22.2 Å². The first-order valence-corrected chi connectivity index (χ1v) is 9.29. The molecular weight excluding hydrogens is 316 g/mol. The van der Waals surface area contributed by atoms with Crippen LogP contribution in [-0.4, -0.2) is 40.8 Å². The molecule has 22 heavy (non-hydrogen) atoms. The lowest BCUT2D eigenvalue weighted by Gasteiger charge is -2.23. The molecule has 0 atom stereocenters. The van der Waals surface area contributed by atoms with Gasteiger partial charge in [-0.25, -0.2) is 9.97 Å². The molecule has 1 aliphatic rings. The Morgan fingerprint density at radius 1 is 1.41 bits per heavy atom. The number of piperidine rings is 1. The fraction of sp³-hybridized carbons (Fsp3) is 0.533. The summed E-state index contributed by atoms with van der Waals surface area (Å²) in [6.45, 7) is 6.16. The third-order valence-electron chi connectivity index (χ3n) is 3.97. The highest BCUT2D eigenvalue weighted by atomic mass is 32.2. The number of fused-ring (bicyclic) bond motifs is 1. The molecule has 3 heterocycles. The molecule has 1 fully saturated rings. The fourth-order valence-electron chi connectivity index (χ4n) is 2.63. The van der Waals surface area contributed by atoms with Gasteiger partial charge in [-0.05, 0) is 45.3 Å². The van der Waals surface area contributed by atoms with Crippen LogP contribution in [0.25, 0.3) is 10.2 Å². The summed E-state index contributed by atoms with van der Waals surface area (Å²) in [6.07, 6.45) is 3.61. The quantitative estimate of drug-likeness (QED) is 0.662. The highest BCUT2D eigenvalue weighted by Gasteiger charge is 2.17. The maximum atomic E-state index is 12.1. The van der Waals surface area contributed by atoms with E-state index < -0.39 is 0 Å². The van der Waals surface area contributed by atoms with Gasteiger partial charge in [0.15, 0.2) is 0 Å². The van der Waals surface area contributed by atoms with E-state index >= 15 is 0 Å². The molecule has 0 aliphatic carbocycles. The van der Waals surface area contributed by atoms with Gasteiger partial charge < -0.3 is 10.6 Å². The largest absolute Gasteiger partial charge is 0.353 e.